The molecule has 1 aromatic rings. The van der Waals surface area contributed by atoms with E-state index in [1.165, 1.54) is 11.1 Å². The Bertz CT molecular complexity index is 479. The molecule has 98 valence electrons. The summed E-state index contributed by atoms with van der Waals surface area (Å²) in [6, 6.07) is 6.20. The Balaban J connectivity index is 2.82. The molecule has 0 bridgehead atoms. The van der Waals surface area contributed by atoms with Crippen LogP contribution in [0, 0.1) is 13.8 Å². The van der Waals surface area contributed by atoms with Crippen molar-refractivity contribution in [2.75, 3.05) is 6.54 Å². The predicted octanol–water partition coefficient (Wildman–Crippen LogP) is 1.18. The average molecular weight is 248 g/mol. The molecule has 0 saturated heterocycles. The van der Waals surface area contributed by atoms with Crippen LogP contribution in [0.5, 0.6) is 0 Å². The van der Waals surface area contributed by atoms with Crippen molar-refractivity contribution in [3.8, 4) is 0 Å². The normalized spacial score (nSPS) is 11.1. The van der Waals surface area contributed by atoms with E-state index >= 15 is 0 Å². The first-order valence-corrected chi connectivity index (χ1v) is 5.89. The molecule has 4 nitrogen and oxygen atoms in total. The standard InChI is InChI=1S/C14H20N2O2/c1-9-5-6-11(7-10(9)2)14(3,4)8-16-13(18)12(15)17/h5-7H,8H2,1-4H3,(H2,15,17)(H,16,18). The molecule has 0 aliphatic rings. The number of nitrogens with two attached hydrogens (primary N) is 1. The monoisotopic (exact) mass is 248 g/mol. The van der Waals surface area contributed by atoms with Crippen LogP contribution in [0.4, 0.5) is 0 Å². The highest BCUT2D eigenvalue weighted by molar-refractivity contribution is 6.34. The molecule has 0 heterocycles. The molecule has 0 radical (unpaired) electrons. The second-order valence-corrected chi connectivity index (χ2v) is 5.23. The Kier molecular flexibility index (Phi) is 4.11. The SMILES string of the molecule is Cc1ccc(C(C)(C)CNC(=O)C(N)=O)cc1C. The average Bonchev–Trinajstić information content (AvgIpc) is 2.29. The van der Waals surface area contributed by atoms with E-state index in [0.717, 1.165) is 5.56 Å². The van der Waals surface area contributed by atoms with Gasteiger partial charge in [-0.15, -0.1) is 0 Å². The van der Waals surface area contributed by atoms with Crippen molar-refractivity contribution in [1.82, 2.24) is 5.32 Å². The van der Waals surface area contributed by atoms with Gasteiger partial charge in [0.1, 0.15) is 0 Å². The zero-order valence-corrected chi connectivity index (χ0v) is 11.3. The van der Waals surface area contributed by atoms with Gasteiger partial charge in [0, 0.05) is 12.0 Å². The van der Waals surface area contributed by atoms with E-state index in [-0.39, 0.29) is 5.41 Å². The summed E-state index contributed by atoms with van der Waals surface area (Å²) in [5.74, 6) is -1.70. The van der Waals surface area contributed by atoms with E-state index in [1.807, 2.05) is 19.9 Å². The summed E-state index contributed by atoms with van der Waals surface area (Å²) in [7, 11) is 0. The van der Waals surface area contributed by atoms with Gasteiger partial charge in [-0.2, -0.15) is 0 Å². The van der Waals surface area contributed by atoms with Gasteiger partial charge in [0.15, 0.2) is 0 Å². The van der Waals surface area contributed by atoms with Crippen molar-refractivity contribution >= 4 is 11.8 Å². The molecule has 0 aliphatic heterocycles. The maximum atomic E-state index is 11.2. The first kappa shape index (κ1) is 14.2. The van der Waals surface area contributed by atoms with Crippen molar-refractivity contribution < 1.29 is 9.59 Å². The van der Waals surface area contributed by atoms with Crippen molar-refractivity contribution in [3.63, 3.8) is 0 Å². The lowest BCUT2D eigenvalue weighted by molar-refractivity contribution is -0.137. The maximum absolute atomic E-state index is 11.2. The molecule has 0 aromatic heterocycles. The number of hydrogen-bond acceptors (Lipinski definition) is 2. The van der Waals surface area contributed by atoms with Gasteiger partial charge in [-0.3, -0.25) is 9.59 Å². The number of benzene rings is 1. The Morgan fingerprint density at radius 3 is 2.33 bits per heavy atom. The molecular formula is C14H20N2O2. The van der Waals surface area contributed by atoms with Gasteiger partial charge in [-0.05, 0) is 30.5 Å². The lowest BCUT2D eigenvalue weighted by atomic mass is 9.83. The fourth-order valence-corrected chi connectivity index (χ4v) is 1.65. The number of carbonyl (C=O) groups excluding carboxylic acids is 2. The molecule has 3 N–H and O–H groups in total. The number of rotatable bonds is 3. The molecule has 0 saturated carbocycles. The number of aryl methyl sites for hydroxylation is 2. The summed E-state index contributed by atoms with van der Waals surface area (Å²) < 4.78 is 0. The fraction of sp³-hybridized carbons (Fsp3) is 0.429. The molecule has 0 fully saturated rings. The van der Waals surface area contributed by atoms with Gasteiger partial charge in [-0.25, -0.2) is 0 Å². The first-order chi connectivity index (χ1) is 8.24. The Morgan fingerprint density at radius 2 is 1.83 bits per heavy atom. The third kappa shape index (κ3) is 3.32. The summed E-state index contributed by atoms with van der Waals surface area (Å²) in [6.07, 6.45) is 0. The second kappa shape index (κ2) is 5.21. The van der Waals surface area contributed by atoms with Crippen LogP contribution in [0.2, 0.25) is 0 Å². The third-order valence-electron chi connectivity index (χ3n) is 3.20. The van der Waals surface area contributed by atoms with E-state index in [9.17, 15) is 9.59 Å². The summed E-state index contributed by atoms with van der Waals surface area (Å²) in [4.78, 5) is 21.8. The number of primary amides is 1. The summed E-state index contributed by atoms with van der Waals surface area (Å²) in [5.41, 5.74) is 8.21. The van der Waals surface area contributed by atoms with Crippen molar-refractivity contribution in [1.29, 1.82) is 0 Å². The first-order valence-electron chi connectivity index (χ1n) is 5.89. The van der Waals surface area contributed by atoms with Crippen LogP contribution in [0.3, 0.4) is 0 Å². The largest absolute Gasteiger partial charge is 0.361 e. The zero-order chi connectivity index (χ0) is 13.9. The van der Waals surface area contributed by atoms with Crippen LogP contribution in [0.15, 0.2) is 18.2 Å². The van der Waals surface area contributed by atoms with E-state index < -0.39 is 11.8 Å². The molecule has 1 rings (SSSR count). The van der Waals surface area contributed by atoms with Crippen LogP contribution in [0.1, 0.15) is 30.5 Å². The van der Waals surface area contributed by atoms with Gasteiger partial charge in [-0.1, -0.05) is 32.0 Å². The summed E-state index contributed by atoms with van der Waals surface area (Å²) in [5, 5.41) is 2.54. The van der Waals surface area contributed by atoms with Crippen LogP contribution in [-0.2, 0) is 15.0 Å². The maximum Gasteiger partial charge on any atom is 0.309 e. The Morgan fingerprint density at radius 1 is 1.22 bits per heavy atom. The lowest BCUT2D eigenvalue weighted by Crippen LogP contribution is -2.42. The summed E-state index contributed by atoms with van der Waals surface area (Å²) in [6.45, 7) is 8.51. The topological polar surface area (TPSA) is 72.2 Å². The van der Waals surface area contributed by atoms with E-state index in [0.29, 0.717) is 6.54 Å². The minimum absolute atomic E-state index is 0.246. The minimum Gasteiger partial charge on any atom is -0.361 e. The molecular weight excluding hydrogens is 228 g/mol. The Labute approximate surface area is 108 Å². The van der Waals surface area contributed by atoms with Crippen molar-refractivity contribution in [2.24, 2.45) is 5.73 Å². The van der Waals surface area contributed by atoms with Crippen molar-refractivity contribution in [2.45, 2.75) is 33.1 Å². The van der Waals surface area contributed by atoms with Gasteiger partial charge in [0.05, 0.1) is 0 Å². The molecule has 0 spiro atoms. The highest BCUT2D eigenvalue weighted by atomic mass is 16.2. The van der Waals surface area contributed by atoms with Crippen LogP contribution in [-0.4, -0.2) is 18.4 Å². The number of hydrogen-bond donors (Lipinski definition) is 2. The van der Waals surface area contributed by atoms with Gasteiger partial charge in [0.25, 0.3) is 0 Å². The highest BCUT2D eigenvalue weighted by Crippen LogP contribution is 2.24. The van der Waals surface area contributed by atoms with Crippen LogP contribution >= 0.6 is 0 Å². The number of amides is 2. The Hall–Kier alpha value is -1.84. The molecule has 0 atom stereocenters. The highest BCUT2D eigenvalue weighted by Gasteiger charge is 2.22. The molecule has 0 aliphatic carbocycles. The van der Waals surface area contributed by atoms with Crippen molar-refractivity contribution in [3.05, 3.63) is 34.9 Å². The second-order valence-electron chi connectivity index (χ2n) is 5.23. The lowest BCUT2D eigenvalue weighted by Gasteiger charge is -2.26. The van der Waals surface area contributed by atoms with E-state index in [4.69, 9.17) is 5.73 Å². The minimum atomic E-state index is -0.953. The number of nitrogens with one attached hydrogen (secondary N) is 1. The van der Waals surface area contributed by atoms with Gasteiger partial charge >= 0.3 is 11.8 Å². The van der Waals surface area contributed by atoms with Crippen LogP contribution in [0.25, 0.3) is 0 Å². The van der Waals surface area contributed by atoms with E-state index in [1.54, 1.807) is 0 Å². The predicted molar refractivity (Wildman–Crippen MR) is 71.1 cm³/mol. The number of carbonyl (C=O) groups is 2. The zero-order valence-electron chi connectivity index (χ0n) is 11.3. The van der Waals surface area contributed by atoms with Crippen LogP contribution < -0.4 is 11.1 Å². The third-order valence-corrected chi connectivity index (χ3v) is 3.20. The summed E-state index contributed by atoms with van der Waals surface area (Å²) >= 11 is 0. The molecule has 0 unspecified atom stereocenters. The van der Waals surface area contributed by atoms with Gasteiger partial charge in [0.2, 0.25) is 0 Å². The molecule has 1 aromatic carbocycles. The van der Waals surface area contributed by atoms with E-state index in [2.05, 4.69) is 31.3 Å². The molecule has 4 heteroatoms. The quantitative estimate of drug-likeness (QED) is 0.788. The van der Waals surface area contributed by atoms with Gasteiger partial charge < -0.3 is 11.1 Å². The molecule has 18 heavy (non-hydrogen) atoms. The fourth-order valence-electron chi connectivity index (χ4n) is 1.65. The molecule has 2 amide bonds. The smallest absolute Gasteiger partial charge is 0.309 e.